The zero-order chi connectivity index (χ0) is 12.0. The van der Waals surface area contributed by atoms with Crippen molar-refractivity contribution in [1.82, 2.24) is 0 Å². The molecule has 0 aliphatic heterocycles. The molecule has 0 saturated heterocycles. The molecule has 0 aliphatic rings. The van der Waals surface area contributed by atoms with Crippen LogP contribution in [0.4, 0.5) is 4.39 Å². The first-order valence-corrected chi connectivity index (χ1v) is 6.59. The average Bonchev–Trinajstić information content (AvgIpc) is 2.29. The molecule has 1 N–H and O–H groups in total. The number of benzene rings is 1. The molecule has 1 rings (SSSR count). The van der Waals surface area contributed by atoms with Crippen LogP contribution < -0.4 is 4.74 Å². The van der Waals surface area contributed by atoms with Crippen molar-refractivity contribution in [2.45, 2.75) is 18.9 Å². The highest BCUT2D eigenvalue weighted by Gasteiger charge is 2.12. The van der Waals surface area contributed by atoms with E-state index in [4.69, 9.17) is 4.74 Å². The second kappa shape index (κ2) is 6.76. The van der Waals surface area contributed by atoms with Crippen LogP contribution in [0.2, 0.25) is 0 Å². The first-order valence-electron chi connectivity index (χ1n) is 5.19. The Morgan fingerprint density at radius 3 is 2.81 bits per heavy atom. The third-order valence-electron chi connectivity index (χ3n) is 2.39. The summed E-state index contributed by atoms with van der Waals surface area (Å²) < 4.78 is 18.5. The van der Waals surface area contributed by atoms with E-state index in [2.05, 4.69) is 0 Å². The second-order valence-corrected chi connectivity index (χ2v) is 4.52. The summed E-state index contributed by atoms with van der Waals surface area (Å²) in [6.07, 6.45) is 2.76. The Balaban J connectivity index is 2.64. The lowest BCUT2D eigenvalue weighted by Gasteiger charge is -2.12. The highest BCUT2D eigenvalue weighted by molar-refractivity contribution is 7.98. The van der Waals surface area contributed by atoms with E-state index in [1.165, 1.54) is 13.2 Å². The smallest absolute Gasteiger partial charge is 0.132 e. The first kappa shape index (κ1) is 13.3. The predicted molar refractivity (Wildman–Crippen MR) is 65.5 cm³/mol. The maximum absolute atomic E-state index is 13.6. The number of halogens is 1. The van der Waals surface area contributed by atoms with Crippen LogP contribution in [0.15, 0.2) is 18.2 Å². The summed E-state index contributed by atoms with van der Waals surface area (Å²) in [7, 11) is 1.49. The Labute approximate surface area is 99.8 Å². The predicted octanol–water partition coefficient (Wildman–Crippen LogP) is 3.01. The van der Waals surface area contributed by atoms with Crippen LogP contribution in [0.3, 0.4) is 0 Å². The highest BCUT2D eigenvalue weighted by Crippen LogP contribution is 2.25. The zero-order valence-electron chi connectivity index (χ0n) is 9.57. The second-order valence-electron chi connectivity index (χ2n) is 3.54. The lowest BCUT2D eigenvalue weighted by Crippen LogP contribution is -2.01. The van der Waals surface area contributed by atoms with Gasteiger partial charge >= 0.3 is 0 Å². The SMILES string of the molecule is COc1ccc(C(O)CCCSC)c(F)c1. The molecule has 0 radical (unpaired) electrons. The van der Waals surface area contributed by atoms with Gasteiger partial charge in [0, 0.05) is 11.6 Å². The molecule has 1 aromatic rings. The van der Waals surface area contributed by atoms with E-state index in [1.807, 2.05) is 6.26 Å². The van der Waals surface area contributed by atoms with Crippen LogP contribution in [0.5, 0.6) is 5.75 Å². The largest absolute Gasteiger partial charge is 0.497 e. The Morgan fingerprint density at radius 2 is 2.25 bits per heavy atom. The molecule has 0 spiro atoms. The van der Waals surface area contributed by atoms with Gasteiger partial charge in [0.15, 0.2) is 0 Å². The summed E-state index contributed by atoms with van der Waals surface area (Å²) in [5, 5.41) is 9.80. The highest BCUT2D eigenvalue weighted by atomic mass is 32.2. The quantitative estimate of drug-likeness (QED) is 0.780. The summed E-state index contributed by atoms with van der Waals surface area (Å²) in [5.41, 5.74) is 0.349. The van der Waals surface area contributed by atoms with E-state index in [1.54, 1.807) is 23.9 Å². The molecule has 1 unspecified atom stereocenters. The fourth-order valence-electron chi connectivity index (χ4n) is 1.48. The number of hydrogen-bond acceptors (Lipinski definition) is 3. The van der Waals surface area contributed by atoms with Crippen molar-refractivity contribution < 1.29 is 14.2 Å². The van der Waals surface area contributed by atoms with E-state index in [0.717, 1.165) is 12.2 Å². The minimum absolute atomic E-state index is 0.349. The van der Waals surface area contributed by atoms with Gasteiger partial charge < -0.3 is 9.84 Å². The van der Waals surface area contributed by atoms with Crippen LogP contribution >= 0.6 is 11.8 Å². The Hall–Kier alpha value is -0.740. The molecule has 1 atom stereocenters. The van der Waals surface area contributed by atoms with Crippen molar-refractivity contribution >= 4 is 11.8 Å². The van der Waals surface area contributed by atoms with Gasteiger partial charge in [0.1, 0.15) is 11.6 Å². The van der Waals surface area contributed by atoms with Gasteiger partial charge in [-0.15, -0.1) is 0 Å². The lowest BCUT2D eigenvalue weighted by atomic mass is 10.0. The monoisotopic (exact) mass is 244 g/mol. The summed E-state index contributed by atoms with van der Waals surface area (Å²) in [6, 6.07) is 4.54. The number of aliphatic hydroxyl groups excluding tert-OH is 1. The van der Waals surface area contributed by atoms with Crippen LogP contribution in [0.25, 0.3) is 0 Å². The van der Waals surface area contributed by atoms with E-state index in [0.29, 0.717) is 17.7 Å². The van der Waals surface area contributed by atoms with Gasteiger partial charge in [0.25, 0.3) is 0 Å². The van der Waals surface area contributed by atoms with Gasteiger partial charge in [0.05, 0.1) is 13.2 Å². The molecule has 4 heteroatoms. The molecular formula is C12H17FO2S. The van der Waals surface area contributed by atoms with Gasteiger partial charge in [-0.1, -0.05) is 0 Å². The average molecular weight is 244 g/mol. The van der Waals surface area contributed by atoms with E-state index < -0.39 is 11.9 Å². The van der Waals surface area contributed by atoms with Gasteiger partial charge in [-0.2, -0.15) is 11.8 Å². The van der Waals surface area contributed by atoms with Crippen molar-refractivity contribution in [1.29, 1.82) is 0 Å². The summed E-state index contributed by atoms with van der Waals surface area (Å²) in [4.78, 5) is 0. The van der Waals surface area contributed by atoms with Crippen molar-refractivity contribution in [2.24, 2.45) is 0 Å². The number of thioether (sulfide) groups is 1. The van der Waals surface area contributed by atoms with Gasteiger partial charge in [-0.25, -0.2) is 4.39 Å². The molecule has 90 valence electrons. The van der Waals surface area contributed by atoms with Crippen molar-refractivity contribution in [2.75, 3.05) is 19.1 Å². The fourth-order valence-corrected chi connectivity index (χ4v) is 1.94. The number of ether oxygens (including phenoxy) is 1. The maximum atomic E-state index is 13.6. The molecule has 0 heterocycles. The minimum atomic E-state index is -0.724. The molecule has 2 nitrogen and oxygen atoms in total. The first-order chi connectivity index (χ1) is 7.69. The van der Waals surface area contributed by atoms with Crippen LogP contribution in [-0.4, -0.2) is 24.2 Å². The molecular weight excluding hydrogens is 227 g/mol. The van der Waals surface area contributed by atoms with E-state index in [-0.39, 0.29) is 0 Å². The Bertz CT molecular complexity index is 331. The lowest BCUT2D eigenvalue weighted by molar-refractivity contribution is 0.162. The van der Waals surface area contributed by atoms with Crippen molar-refractivity contribution in [3.63, 3.8) is 0 Å². The number of hydrogen-bond donors (Lipinski definition) is 1. The molecule has 0 aromatic heterocycles. The third-order valence-corrected chi connectivity index (χ3v) is 3.09. The van der Waals surface area contributed by atoms with Crippen LogP contribution in [-0.2, 0) is 0 Å². The van der Waals surface area contributed by atoms with Gasteiger partial charge in [0.2, 0.25) is 0 Å². The Kier molecular flexibility index (Phi) is 5.63. The normalized spacial score (nSPS) is 12.5. The van der Waals surface area contributed by atoms with Crippen LogP contribution in [0.1, 0.15) is 24.5 Å². The number of methoxy groups -OCH3 is 1. The molecule has 16 heavy (non-hydrogen) atoms. The number of rotatable bonds is 6. The standard InChI is InChI=1S/C12H17FO2S/c1-15-9-5-6-10(11(13)8-9)12(14)4-3-7-16-2/h5-6,8,12,14H,3-4,7H2,1-2H3. The number of aliphatic hydroxyl groups is 1. The molecule has 0 amide bonds. The topological polar surface area (TPSA) is 29.5 Å². The van der Waals surface area contributed by atoms with Crippen molar-refractivity contribution in [3.8, 4) is 5.75 Å². The van der Waals surface area contributed by atoms with E-state index in [9.17, 15) is 9.50 Å². The molecule has 0 bridgehead atoms. The third kappa shape index (κ3) is 3.68. The Morgan fingerprint density at radius 1 is 1.50 bits per heavy atom. The van der Waals surface area contributed by atoms with Crippen LogP contribution in [0, 0.1) is 5.82 Å². The molecule has 0 fully saturated rings. The van der Waals surface area contributed by atoms with Gasteiger partial charge in [-0.05, 0) is 37.0 Å². The molecule has 0 saturated carbocycles. The minimum Gasteiger partial charge on any atom is -0.497 e. The molecule has 0 aliphatic carbocycles. The maximum Gasteiger partial charge on any atom is 0.132 e. The van der Waals surface area contributed by atoms with Crippen molar-refractivity contribution in [3.05, 3.63) is 29.6 Å². The summed E-state index contributed by atoms with van der Waals surface area (Å²) in [6.45, 7) is 0. The van der Waals surface area contributed by atoms with E-state index >= 15 is 0 Å². The van der Waals surface area contributed by atoms with Gasteiger partial charge in [-0.3, -0.25) is 0 Å². The summed E-state index contributed by atoms with van der Waals surface area (Å²) >= 11 is 1.72. The molecule has 1 aromatic carbocycles. The fraction of sp³-hybridized carbons (Fsp3) is 0.500. The zero-order valence-corrected chi connectivity index (χ0v) is 10.4. The summed E-state index contributed by atoms with van der Waals surface area (Å²) in [5.74, 6) is 1.04.